The third-order valence-electron chi connectivity index (χ3n) is 5.09. The molecule has 3 rings (SSSR count). The average Bonchev–Trinajstić information content (AvgIpc) is 3.17. The molecule has 0 fully saturated rings. The molecule has 0 aliphatic carbocycles. The minimum Gasteiger partial charge on any atom is -0.459 e. The molecule has 0 aliphatic rings. The Hall–Kier alpha value is -2.99. The largest absolute Gasteiger partial charge is 0.459 e. The number of aliphatic imine (C=N–C) groups is 1. The number of nitrogens with zero attached hydrogens (tertiary/aromatic N) is 3. The standard InChI is InChI=1S/C27H33N3O2S/c1-18-8-10-21(11-9-18)24-16-33-25(29-24)14-22-12-20(3)23(13-19(22)2)28-17-30(7)15-26(31)32-27(4,5)6/h8-13,16-17H,14-15H2,1-7H3/b28-17+. The van der Waals surface area contributed by atoms with Gasteiger partial charge in [-0.1, -0.05) is 35.9 Å². The summed E-state index contributed by atoms with van der Waals surface area (Å²) in [5.41, 5.74) is 7.35. The smallest absolute Gasteiger partial charge is 0.326 e. The topological polar surface area (TPSA) is 54.8 Å². The zero-order chi connectivity index (χ0) is 24.2. The molecule has 0 unspecified atom stereocenters. The lowest BCUT2D eigenvalue weighted by Crippen LogP contribution is -2.32. The lowest BCUT2D eigenvalue weighted by atomic mass is 10.0. The number of esters is 1. The summed E-state index contributed by atoms with van der Waals surface area (Å²) in [5, 5.41) is 3.22. The number of carbonyl (C=O) groups excluding carboxylic acids is 1. The van der Waals surface area contributed by atoms with Gasteiger partial charge >= 0.3 is 5.97 Å². The van der Waals surface area contributed by atoms with Crippen molar-refractivity contribution in [3.05, 3.63) is 69.0 Å². The number of ether oxygens (including phenoxy) is 1. The molecule has 33 heavy (non-hydrogen) atoms. The molecule has 5 nitrogen and oxygen atoms in total. The fraction of sp³-hybridized carbons (Fsp3) is 0.370. The van der Waals surface area contributed by atoms with Crippen LogP contribution in [0.3, 0.4) is 0 Å². The minimum atomic E-state index is -0.489. The van der Waals surface area contributed by atoms with Gasteiger partial charge in [0.1, 0.15) is 12.1 Å². The zero-order valence-electron chi connectivity index (χ0n) is 20.6. The number of hydrogen-bond acceptors (Lipinski definition) is 5. The first-order chi connectivity index (χ1) is 15.5. The van der Waals surface area contributed by atoms with Crippen LogP contribution in [0.2, 0.25) is 0 Å². The number of rotatable bonds is 7. The molecule has 0 amide bonds. The Morgan fingerprint density at radius 3 is 2.48 bits per heavy atom. The van der Waals surface area contributed by atoms with E-state index in [4.69, 9.17) is 9.72 Å². The number of carbonyl (C=O) groups is 1. The van der Waals surface area contributed by atoms with Crippen LogP contribution in [0.15, 0.2) is 46.8 Å². The molecule has 0 bridgehead atoms. The van der Waals surface area contributed by atoms with Crippen molar-refractivity contribution in [1.82, 2.24) is 9.88 Å². The van der Waals surface area contributed by atoms with Crippen LogP contribution in [-0.4, -0.2) is 41.4 Å². The van der Waals surface area contributed by atoms with Gasteiger partial charge in [0.25, 0.3) is 0 Å². The van der Waals surface area contributed by atoms with Gasteiger partial charge in [-0.3, -0.25) is 4.79 Å². The first-order valence-electron chi connectivity index (χ1n) is 11.1. The van der Waals surface area contributed by atoms with E-state index in [1.807, 2.05) is 27.8 Å². The molecule has 1 heterocycles. The molecule has 0 saturated carbocycles. The number of aryl methyl sites for hydroxylation is 3. The summed E-state index contributed by atoms with van der Waals surface area (Å²) < 4.78 is 5.36. The summed E-state index contributed by atoms with van der Waals surface area (Å²) >= 11 is 1.69. The number of hydrogen-bond donors (Lipinski definition) is 0. The second kappa shape index (κ2) is 10.3. The third kappa shape index (κ3) is 7.26. The first-order valence-corrected chi connectivity index (χ1v) is 12.0. The van der Waals surface area contributed by atoms with Crippen LogP contribution >= 0.6 is 11.3 Å². The monoisotopic (exact) mass is 463 g/mol. The number of aromatic nitrogens is 1. The summed E-state index contributed by atoms with van der Waals surface area (Å²) in [6.07, 6.45) is 2.48. The fourth-order valence-corrected chi connectivity index (χ4v) is 4.21. The maximum atomic E-state index is 12.0. The molecule has 1 aromatic heterocycles. The van der Waals surface area contributed by atoms with Crippen LogP contribution in [0.5, 0.6) is 0 Å². The van der Waals surface area contributed by atoms with E-state index in [9.17, 15) is 4.79 Å². The summed E-state index contributed by atoms with van der Waals surface area (Å²) in [6, 6.07) is 12.8. The van der Waals surface area contributed by atoms with Crippen molar-refractivity contribution in [3.63, 3.8) is 0 Å². The van der Waals surface area contributed by atoms with Crippen LogP contribution in [-0.2, 0) is 16.0 Å². The van der Waals surface area contributed by atoms with Crippen molar-refractivity contribution >= 4 is 29.3 Å². The molecular weight excluding hydrogens is 430 g/mol. The second-order valence-corrected chi connectivity index (χ2v) is 10.4. The lowest BCUT2D eigenvalue weighted by molar-refractivity contribution is -0.154. The predicted molar refractivity (Wildman–Crippen MR) is 138 cm³/mol. The molecular formula is C27H33N3O2S. The highest BCUT2D eigenvalue weighted by Gasteiger charge is 2.17. The molecule has 0 aliphatic heterocycles. The fourth-order valence-electron chi connectivity index (χ4n) is 3.38. The minimum absolute atomic E-state index is 0.157. The van der Waals surface area contributed by atoms with E-state index in [0.717, 1.165) is 33.9 Å². The van der Waals surface area contributed by atoms with E-state index in [1.165, 1.54) is 16.7 Å². The molecule has 0 N–H and O–H groups in total. The molecule has 0 atom stereocenters. The molecule has 2 aromatic carbocycles. The third-order valence-corrected chi connectivity index (χ3v) is 5.94. The maximum Gasteiger partial charge on any atom is 0.326 e. The van der Waals surface area contributed by atoms with Gasteiger partial charge < -0.3 is 9.64 Å². The lowest BCUT2D eigenvalue weighted by Gasteiger charge is -2.21. The van der Waals surface area contributed by atoms with Gasteiger partial charge in [-0.2, -0.15) is 0 Å². The van der Waals surface area contributed by atoms with Crippen LogP contribution in [0.1, 0.15) is 48.0 Å². The number of benzene rings is 2. The Balaban J connectivity index is 1.67. The summed E-state index contributed by atoms with van der Waals surface area (Å²) in [7, 11) is 1.82. The van der Waals surface area contributed by atoms with Crippen molar-refractivity contribution in [3.8, 4) is 11.3 Å². The molecule has 3 aromatic rings. The van der Waals surface area contributed by atoms with Gasteiger partial charge in [0.2, 0.25) is 0 Å². The number of thiazole rings is 1. The maximum absolute atomic E-state index is 12.0. The van der Waals surface area contributed by atoms with Crippen LogP contribution < -0.4 is 0 Å². The van der Waals surface area contributed by atoms with Crippen molar-refractivity contribution in [2.75, 3.05) is 13.6 Å². The van der Waals surface area contributed by atoms with Gasteiger partial charge in [0, 0.05) is 24.4 Å². The molecule has 174 valence electrons. The predicted octanol–water partition coefficient (Wildman–Crippen LogP) is 6.26. The summed E-state index contributed by atoms with van der Waals surface area (Å²) in [5.74, 6) is -0.270. The SMILES string of the molecule is Cc1ccc(-c2csc(Cc3cc(C)c(/N=C/N(C)CC(=O)OC(C)(C)C)cc3C)n2)cc1. The molecule has 0 saturated heterocycles. The van der Waals surface area contributed by atoms with Gasteiger partial charge in [0.05, 0.1) is 22.7 Å². The Bertz CT molecular complexity index is 1140. The van der Waals surface area contributed by atoms with E-state index in [1.54, 1.807) is 22.6 Å². The highest BCUT2D eigenvalue weighted by atomic mass is 32.1. The van der Waals surface area contributed by atoms with Crippen LogP contribution in [0.4, 0.5) is 5.69 Å². The van der Waals surface area contributed by atoms with Gasteiger partial charge in [-0.05, 0) is 64.3 Å². The Morgan fingerprint density at radius 2 is 1.82 bits per heavy atom. The summed E-state index contributed by atoms with van der Waals surface area (Å²) in [6.45, 7) is 12.0. The van der Waals surface area contributed by atoms with E-state index in [0.29, 0.717) is 0 Å². The Kier molecular flexibility index (Phi) is 7.69. The normalized spacial score (nSPS) is 11.7. The van der Waals surface area contributed by atoms with E-state index < -0.39 is 5.60 Å². The summed E-state index contributed by atoms with van der Waals surface area (Å²) in [4.78, 5) is 23.2. The van der Waals surface area contributed by atoms with Gasteiger partial charge in [-0.25, -0.2) is 9.98 Å². The Morgan fingerprint density at radius 1 is 1.12 bits per heavy atom. The van der Waals surface area contributed by atoms with Crippen LogP contribution in [0.25, 0.3) is 11.3 Å². The zero-order valence-corrected chi connectivity index (χ0v) is 21.4. The van der Waals surface area contributed by atoms with Gasteiger partial charge in [0.15, 0.2) is 0 Å². The van der Waals surface area contributed by atoms with E-state index in [2.05, 4.69) is 67.5 Å². The quantitative estimate of drug-likeness (QED) is 0.236. The van der Waals surface area contributed by atoms with E-state index >= 15 is 0 Å². The van der Waals surface area contributed by atoms with Crippen molar-refractivity contribution < 1.29 is 9.53 Å². The van der Waals surface area contributed by atoms with Crippen molar-refractivity contribution in [2.45, 2.75) is 53.6 Å². The highest BCUT2D eigenvalue weighted by molar-refractivity contribution is 7.10. The molecule has 0 radical (unpaired) electrons. The first kappa shape index (κ1) is 24.6. The van der Waals surface area contributed by atoms with Crippen molar-refractivity contribution in [2.24, 2.45) is 4.99 Å². The van der Waals surface area contributed by atoms with Gasteiger partial charge in [-0.15, -0.1) is 11.3 Å². The van der Waals surface area contributed by atoms with Crippen LogP contribution in [0, 0.1) is 20.8 Å². The second-order valence-electron chi connectivity index (χ2n) is 9.48. The molecule has 0 spiro atoms. The Labute approximate surface area is 201 Å². The highest BCUT2D eigenvalue weighted by Crippen LogP contribution is 2.28. The van der Waals surface area contributed by atoms with Crippen molar-refractivity contribution in [1.29, 1.82) is 0 Å². The van der Waals surface area contributed by atoms with E-state index in [-0.39, 0.29) is 12.5 Å². The number of likely N-dealkylation sites (N-methyl/N-ethyl adjacent to an activating group) is 1. The molecule has 6 heteroatoms. The average molecular weight is 464 g/mol.